The van der Waals surface area contributed by atoms with E-state index in [1.165, 1.54) is 12.1 Å². The van der Waals surface area contributed by atoms with Crippen LogP contribution in [0.25, 0.3) is 6.08 Å². The molecule has 4 rings (SSSR count). The van der Waals surface area contributed by atoms with E-state index in [1.54, 1.807) is 12.1 Å². The predicted octanol–water partition coefficient (Wildman–Crippen LogP) is 4.52. The molecule has 0 saturated carbocycles. The van der Waals surface area contributed by atoms with E-state index in [0.717, 1.165) is 24.0 Å². The van der Waals surface area contributed by atoms with Gasteiger partial charge >= 0.3 is 0 Å². The number of allylic oxidation sites excluding steroid dienone is 1. The third-order valence-electron chi connectivity index (χ3n) is 4.60. The lowest BCUT2D eigenvalue weighted by Gasteiger charge is -2.35. The number of hydrogen-bond donors (Lipinski definition) is 0. The molecule has 0 aliphatic carbocycles. The molecule has 2 fully saturated rings. The normalized spacial score (nSPS) is 30.0. The topological polar surface area (TPSA) is 18.5 Å². The third kappa shape index (κ3) is 2.94. The molecule has 0 spiro atoms. The molecular weight excluding hydrogens is 291 g/mol. The first-order valence-corrected chi connectivity index (χ1v) is 8.05. The number of benzene rings is 2. The number of ether oxygens (including phenoxy) is 2. The molecule has 2 aromatic rings. The van der Waals surface area contributed by atoms with Gasteiger partial charge in [0.1, 0.15) is 5.82 Å². The van der Waals surface area contributed by atoms with Gasteiger partial charge in [-0.1, -0.05) is 54.6 Å². The average molecular weight is 310 g/mol. The predicted molar refractivity (Wildman–Crippen MR) is 87.1 cm³/mol. The molecular formula is C20H19FO2. The van der Waals surface area contributed by atoms with Crippen LogP contribution in [-0.2, 0) is 15.3 Å². The largest absolute Gasteiger partial charge is 0.343 e. The van der Waals surface area contributed by atoms with Crippen LogP contribution in [-0.4, -0.2) is 12.7 Å². The average Bonchev–Trinajstić information content (AvgIpc) is 2.91. The van der Waals surface area contributed by atoms with Gasteiger partial charge in [-0.25, -0.2) is 4.39 Å². The number of rotatable bonds is 3. The Balaban J connectivity index is 1.54. The Morgan fingerprint density at radius 1 is 1.04 bits per heavy atom. The van der Waals surface area contributed by atoms with Gasteiger partial charge in [0.05, 0.1) is 12.7 Å². The van der Waals surface area contributed by atoms with Crippen LogP contribution in [0, 0.1) is 11.7 Å². The number of fused-ring (bicyclic) bond motifs is 2. The summed E-state index contributed by atoms with van der Waals surface area (Å²) in [5.74, 6) is -0.425. The van der Waals surface area contributed by atoms with Crippen molar-refractivity contribution in [1.82, 2.24) is 0 Å². The molecule has 2 saturated heterocycles. The van der Waals surface area contributed by atoms with Crippen LogP contribution in [0.2, 0.25) is 0 Å². The van der Waals surface area contributed by atoms with Gasteiger partial charge in [-0.15, -0.1) is 0 Å². The molecule has 0 N–H and O–H groups in total. The van der Waals surface area contributed by atoms with Crippen molar-refractivity contribution >= 4 is 6.08 Å². The van der Waals surface area contributed by atoms with Gasteiger partial charge in [0.2, 0.25) is 0 Å². The van der Waals surface area contributed by atoms with E-state index < -0.39 is 5.79 Å². The van der Waals surface area contributed by atoms with Crippen LogP contribution in [0.1, 0.15) is 24.0 Å². The summed E-state index contributed by atoms with van der Waals surface area (Å²) in [6.45, 7) is 0.649. The Hall–Kier alpha value is -1.97. The van der Waals surface area contributed by atoms with Gasteiger partial charge in [-0.3, -0.25) is 0 Å². The fourth-order valence-corrected chi connectivity index (χ4v) is 3.48. The van der Waals surface area contributed by atoms with E-state index in [4.69, 9.17) is 9.47 Å². The van der Waals surface area contributed by atoms with Crippen LogP contribution in [0.15, 0.2) is 60.7 Å². The van der Waals surface area contributed by atoms with E-state index in [2.05, 4.69) is 24.3 Å². The summed E-state index contributed by atoms with van der Waals surface area (Å²) in [5, 5.41) is 0. The van der Waals surface area contributed by atoms with Crippen molar-refractivity contribution in [3.05, 3.63) is 77.6 Å². The monoisotopic (exact) mass is 310 g/mol. The standard InChI is InChI=1S/C20H19FO2/c21-18-10-8-15(9-11-18)6-7-16-12-19-14-22-20(13-16,23-19)17-4-2-1-3-5-17/h1-11,16,19H,12-14H2/b7-6+/t16-,19-,20-/m0/s1. The number of hydrogen-bond acceptors (Lipinski definition) is 2. The zero-order valence-corrected chi connectivity index (χ0v) is 12.8. The number of halogens is 1. The fourth-order valence-electron chi connectivity index (χ4n) is 3.48. The Morgan fingerprint density at radius 2 is 1.83 bits per heavy atom. The first-order chi connectivity index (χ1) is 11.2. The Kier molecular flexibility index (Phi) is 3.76. The molecule has 23 heavy (non-hydrogen) atoms. The molecule has 3 heteroatoms. The van der Waals surface area contributed by atoms with E-state index in [-0.39, 0.29) is 11.9 Å². The van der Waals surface area contributed by atoms with Crippen molar-refractivity contribution in [1.29, 1.82) is 0 Å². The van der Waals surface area contributed by atoms with Gasteiger partial charge < -0.3 is 9.47 Å². The van der Waals surface area contributed by atoms with Crippen molar-refractivity contribution in [2.45, 2.75) is 24.7 Å². The molecule has 2 nitrogen and oxygen atoms in total. The van der Waals surface area contributed by atoms with E-state index in [1.807, 2.05) is 18.2 Å². The summed E-state index contributed by atoms with van der Waals surface area (Å²) in [7, 11) is 0. The SMILES string of the molecule is Fc1ccc(/C=C/[C@H]2C[C@H]3CO[C@@](c4ccccc4)(C2)O3)cc1. The Bertz CT molecular complexity index is 695. The highest BCUT2D eigenvalue weighted by Gasteiger charge is 2.48. The second-order valence-corrected chi connectivity index (χ2v) is 6.28. The zero-order chi connectivity index (χ0) is 15.7. The molecule has 3 atom stereocenters. The molecule has 118 valence electrons. The minimum Gasteiger partial charge on any atom is -0.343 e. The smallest absolute Gasteiger partial charge is 0.195 e. The van der Waals surface area contributed by atoms with Gasteiger partial charge in [0.25, 0.3) is 0 Å². The lowest BCUT2D eigenvalue weighted by Crippen LogP contribution is -2.35. The summed E-state index contributed by atoms with van der Waals surface area (Å²) < 4.78 is 25.2. The molecule has 2 bridgehead atoms. The molecule has 0 amide bonds. The summed E-state index contributed by atoms with van der Waals surface area (Å²) in [4.78, 5) is 0. The van der Waals surface area contributed by atoms with E-state index in [0.29, 0.717) is 12.5 Å². The highest BCUT2D eigenvalue weighted by molar-refractivity contribution is 5.49. The van der Waals surface area contributed by atoms with Crippen molar-refractivity contribution in [2.24, 2.45) is 5.92 Å². The quantitative estimate of drug-likeness (QED) is 0.830. The second kappa shape index (κ2) is 5.91. The molecule has 2 aliphatic heterocycles. The lowest BCUT2D eigenvalue weighted by atomic mass is 9.87. The zero-order valence-electron chi connectivity index (χ0n) is 12.8. The molecule has 2 aromatic carbocycles. The van der Waals surface area contributed by atoms with Gasteiger partial charge in [-0.05, 0) is 30.0 Å². The van der Waals surface area contributed by atoms with Crippen LogP contribution in [0.4, 0.5) is 4.39 Å². The molecule has 0 unspecified atom stereocenters. The summed E-state index contributed by atoms with van der Waals surface area (Å²) >= 11 is 0. The molecule has 0 radical (unpaired) electrons. The summed E-state index contributed by atoms with van der Waals surface area (Å²) in [6.07, 6.45) is 6.19. The van der Waals surface area contributed by atoms with Crippen LogP contribution >= 0.6 is 0 Å². The van der Waals surface area contributed by atoms with Crippen LogP contribution < -0.4 is 0 Å². The fraction of sp³-hybridized carbons (Fsp3) is 0.300. The van der Waals surface area contributed by atoms with Crippen LogP contribution in [0.3, 0.4) is 0 Å². The van der Waals surface area contributed by atoms with Crippen molar-refractivity contribution in [3.8, 4) is 0 Å². The van der Waals surface area contributed by atoms with E-state index >= 15 is 0 Å². The van der Waals surface area contributed by atoms with Gasteiger partial charge in [-0.2, -0.15) is 0 Å². The van der Waals surface area contributed by atoms with E-state index in [9.17, 15) is 4.39 Å². The maximum Gasteiger partial charge on any atom is 0.195 e. The maximum absolute atomic E-state index is 13.0. The van der Waals surface area contributed by atoms with Crippen molar-refractivity contribution in [2.75, 3.05) is 6.61 Å². The maximum atomic E-state index is 13.0. The van der Waals surface area contributed by atoms with Crippen molar-refractivity contribution in [3.63, 3.8) is 0 Å². The first-order valence-electron chi connectivity index (χ1n) is 8.05. The summed E-state index contributed by atoms with van der Waals surface area (Å²) in [5.41, 5.74) is 2.10. The summed E-state index contributed by atoms with van der Waals surface area (Å²) in [6, 6.07) is 16.7. The van der Waals surface area contributed by atoms with Gasteiger partial charge in [0, 0.05) is 12.0 Å². The minimum absolute atomic E-state index is 0.145. The highest BCUT2D eigenvalue weighted by atomic mass is 19.1. The van der Waals surface area contributed by atoms with Crippen molar-refractivity contribution < 1.29 is 13.9 Å². The highest BCUT2D eigenvalue weighted by Crippen LogP contribution is 2.46. The molecule has 0 aromatic heterocycles. The third-order valence-corrected chi connectivity index (χ3v) is 4.60. The lowest BCUT2D eigenvalue weighted by molar-refractivity contribution is -0.204. The Morgan fingerprint density at radius 3 is 2.61 bits per heavy atom. The van der Waals surface area contributed by atoms with Gasteiger partial charge in [0.15, 0.2) is 5.79 Å². The molecule has 2 heterocycles. The van der Waals surface area contributed by atoms with Crippen LogP contribution in [0.5, 0.6) is 0 Å². The molecule has 2 aliphatic rings. The first kappa shape index (κ1) is 14.6. The Labute approximate surface area is 135 Å². The minimum atomic E-state index is -0.609. The second-order valence-electron chi connectivity index (χ2n) is 6.28.